The Morgan fingerprint density at radius 2 is 2.28 bits per heavy atom. The molecule has 0 bridgehead atoms. The average Bonchev–Trinajstić information content (AvgIpc) is 2.39. The summed E-state index contributed by atoms with van der Waals surface area (Å²) in [6.07, 6.45) is 11.6. The Bertz CT molecular complexity index is 412. The van der Waals surface area contributed by atoms with Gasteiger partial charge in [0.1, 0.15) is 5.82 Å². The van der Waals surface area contributed by atoms with Gasteiger partial charge in [-0.3, -0.25) is 0 Å². The molecule has 0 aromatic carbocycles. The van der Waals surface area contributed by atoms with Gasteiger partial charge in [0.05, 0.1) is 0 Å². The van der Waals surface area contributed by atoms with E-state index in [-0.39, 0.29) is 0 Å². The summed E-state index contributed by atoms with van der Waals surface area (Å²) in [5.41, 5.74) is 8.59. The first-order valence-corrected chi connectivity index (χ1v) is 6.83. The number of anilines is 1. The van der Waals surface area contributed by atoms with E-state index in [2.05, 4.69) is 22.4 Å². The third-order valence-electron chi connectivity index (χ3n) is 3.63. The molecule has 0 radical (unpaired) electrons. The van der Waals surface area contributed by atoms with Crippen LogP contribution in [0.5, 0.6) is 0 Å². The van der Waals surface area contributed by atoms with Gasteiger partial charge in [0, 0.05) is 12.2 Å². The molecular formula is C15H23N3. The third kappa shape index (κ3) is 3.84. The second kappa shape index (κ2) is 6.55. The SMILES string of the molecule is CNC(CC1=CCCCC1)Cc1ccnc(N)c1. The number of nitrogens with two attached hydrogens (primary N) is 1. The van der Waals surface area contributed by atoms with Crippen molar-refractivity contribution in [2.45, 2.75) is 44.6 Å². The van der Waals surface area contributed by atoms with Gasteiger partial charge in [-0.05, 0) is 63.3 Å². The lowest BCUT2D eigenvalue weighted by molar-refractivity contribution is 0.532. The summed E-state index contributed by atoms with van der Waals surface area (Å²) in [7, 11) is 2.04. The summed E-state index contributed by atoms with van der Waals surface area (Å²) in [4.78, 5) is 4.03. The Morgan fingerprint density at radius 3 is 2.94 bits per heavy atom. The van der Waals surface area contributed by atoms with Crippen molar-refractivity contribution in [3.05, 3.63) is 35.5 Å². The van der Waals surface area contributed by atoms with Gasteiger partial charge in [-0.15, -0.1) is 0 Å². The molecule has 1 unspecified atom stereocenters. The molecule has 1 aliphatic carbocycles. The van der Waals surface area contributed by atoms with Crippen LogP contribution in [0.25, 0.3) is 0 Å². The fourth-order valence-electron chi connectivity index (χ4n) is 2.59. The highest BCUT2D eigenvalue weighted by Gasteiger charge is 2.12. The second-order valence-electron chi connectivity index (χ2n) is 5.09. The van der Waals surface area contributed by atoms with Crippen molar-refractivity contribution in [1.82, 2.24) is 10.3 Å². The fraction of sp³-hybridized carbons (Fsp3) is 0.533. The van der Waals surface area contributed by atoms with Crippen LogP contribution >= 0.6 is 0 Å². The number of pyridine rings is 1. The van der Waals surface area contributed by atoms with Gasteiger partial charge < -0.3 is 11.1 Å². The summed E-state index contributed by atoms with van der Waals surface area (Å²) in [5.74, 6) is 0.610. The first-order valence-electron chi connectivity index (χ1n) is 6.83. The minimum absolute atomic E-state index is 0.496. The van der Waals surface area contributed by atoms with Crippen LogP contribution in [-0.2, 0) is 6.42 Å². The maximum atomic E-state index is 5.72. The molecule has 18 heavy (non-hydrogen) atoms. The highest BCUT2D eigenvalue weighted by atomic mass is 14.9. The Balaban J connectivity index is 1.94. The Labute approximate surface area is 109 Å². The fourth-order valence-corrected chi connectivity index (χ4v) is 2.59. The monoisotopic (exact) mass is 245 g/mol. The highest BCUT2D eigenvalue weighted by Crippen LogP contribution is 2.22. The molecule has 0 spiro atoms. The molecule has 3 N–H and O–H groups in total. The van der Waals surface area contributed by atoms with Gasteiger partial charge in [0.25, 0.3) is 0 Å². The molecule has 0 amide bonds. The molecule has 0 saturated carbocycles. The molecule has 3 nitrogen and oxygen atoms in total. The van der Waals surface area contributed by atoms with E-state index in [1.165, 1.54) is 31.2 Å². The summed E-state index contributed by atoms with van der Waals surface area (Å²) >= 11 is 0. The van der Waals surface area contributed by atoms with E-state index in [1.807, 2.05) is 13.1 Å². The zero-order valence-electron chi connectivity index (χ0n) is 11.2. The van der Waals surface area contributed by atoms with E-state index in [9.17, 15) is 0 Å². The molecule has 0 fully saturated rings. The number of nitrogen functional groups attached to an aromatic ring is 1. The highest BCUT2D eigenvalue weighted by molar-refractivity contribution is 5.32. The minimum atomic E-state index is 0.496. The number of aromatic nitrogens is 1. The van der Waals surface area contributed by atoms with Gasteiger partial charge >= 0.3 is 0 Å². The predicted octanol–water partition coefficient (Wildman–Crippen LogP) is 2.68. The normalized spacial score (nSPS) is 17.3. The van der Waals surface area contributed by atoms with Crippen molar-refractivity contribution in [1.29, 1.82) is 0 Å². The number of hydrogen-bond acceptors (Lipinski definition) is 3. The average molecular weight is 245 g/mol. The molecule has 0 aliphatic heterocycles. The number of likely N-dealkylation sites (N-methyl/N-ethyl adjacent to an activating group) is 1. The van der Waals surface area contributed by atoms with Crippen molar-refractivity contribution in [2.24, 2.45) is 0 Å². The van der Waals surface area contributed by atoms with E-state index in [0.717, 1.165) is 12.8 Å². The van der Waals surface area contributed by atoms with Crippen molar-refractivity contribution >= 4 is 5.82 Å². The molecule has 1 atom stereocenters. The summed E-state index contributed by atoms with van der Waals surface area (Å²) in [5, 5.41) is 3.42. The molecule has 3 heteroatoms. The lowest BCUT2D eigenvalue weighted by Crippen LogP contribution is -2.28. The lowest BCUT2D eigenvalue weighted by atomic mass is 9.92. The van der Waals surface area contributed by atoms with Gasteiger partial charge in [-0.2, -0.15) is 0 Å². The van der Waals surface area contributed by atoms with E-state index in [1.54, 1.807) is 11.8 Å². The smallest absolute Gasteiger partial charge is 0.123 e. The molecule has 1 aliphatic rings. The molecule has 1 aromatic heterocycles. The maximum absolute atomic E-state index is 5.72. The van der Waals surface area contributed by atoms with Gasteiger partial charge in [-0.1, -0.05) is 11.6 Å². The zero-order chi connectivity index (χ0) is 12.8. The number of nitrogens with zero attached hydrogens (tertiary/aromatic N) is 1. The van der Waals surface area contributed by atoms with Crippen molar-refractivity contribution in [3.63, 3.8) is 0 Å². The van der Waals surface area contributed by atoms with Crippen LogP contribution in [0.1, 0.15) is 37.7 Å². The van der Waals surface area contributed by atoms with E-state index < -0.39 is 0 Å². The first kappa shape index (κ1) is 13.1. The topological polar surface area (TPSA) is 50.9 Å². The third-order valence-corrected chi connectivity index (χ3v) is 3.63. The van der Waals surface area contributed by atoms with Crippen LogP contribution in [0.2, 0.25) is 0 Å². The van der Waals surface area contributed by atoms with Crippen molar-refractivity contribution in [2.75, 3.05) is 12.8 Å². The van der Waals surface area contributed by atoms with Crippen molar-refractivity contribution < 1.29 is 0 Å². The molecule has 1 aromatic rings. The molecule has 2 rings (SSSR count). The number of hydrogen-bond donors (Lipinski definition) is 2. The number of allylic oxidation sites excluding steroid dienone is 1. The standard InChI is InChI=1S/C15H23N3/c1-17-14(9-12-5-3-2-4-6-12)10-13-7-8-18-15(16)11-13/h5,7-8,11,14,17H,2-4,6,9-10H2,1H3,(H2,16,18). The van der Waals surface area contributed by atoms with Crippen LogP contribution in [-0.4, -0.2) is 18.1 Å². The quantitative estimate of drug-likeness (QED) is 0.784. The molecular weight excluding hydrogens is 222 g/mol. The predicted molar refractivity (Wildman–Crippen MR) is 76.4 cm³/mol. The van der Waals surface area contributed by atoms with Gasteiger partial charge in [0.2, 0.25) is 0 Å². The van der Waals surface area contributed by atoms with Crippen LogP contribution in [0, 0.1) is 0 Å². The second-order valence-corrected chi connectivity index (χ2v) is 5.09. The van der Waals surface area contributed by atoms with E-state index in [4.69, 9.17) is 5.73 Å². The summed E-state index contributed by atoms with van der Waals surface area (Å²) < 4.78 is 0. The Hall–Kier alpha value is -1.35. The Kier molecular flexibility index (Phi) is 4.76. The van der Waals surface area contributed by atoms with Crippen molar-refractivity contribution in [3.8, 4) is 0 Å². The van der Waals surface area contributed by atoms with Gasteiger partial charge in [0.15, 0.2) is 0 Å². The largest absolute Gasteiger partial charge is 0.384 e. The van der Waals surface area contributed by atoms with Crippen LogP contribution in [0.3, 0.4) is 0 Å². The molecule has 0 saturated heterocycles. The molecule has 1 heterocycles. The summed E-state index contributed by atoms with van der Waals surface area (Å²) in [6, 6.07) is 4.52. The number of nitrogens with one attached hydrogen (secondary N) is 1. The van der Waals surface area contributed by atoms with Gasteiger partial charge in [-0.25, -0.2) is 4.98 Å². The van der Waals surface area contributed by atoms with Crippen LogP contribution < -0.4 is 11.1 Å². The minimum Gasteiger partial charge on any atom is -0.384 e. The van der Waals surface area contributed by atoms with E-state index >= 15 is 0 Å². The van der Waals surface area contributed by atoms with E-state index in [0.29, 0.717) is 11.9 Å². The molecule has 98 valence electrons. The Morgan fingerprint density at radius 1 is 1.39 bits per heavy atom. The zero-order valence-corrected chi connectivity index (χ0v) is 11.2. The van der Waals surface area contributed by atoms with Crippen LogP contribution in [0.15, 0.2) is 30.0 Å². The van der Waals surface area contributed by atoms with Crippen LogP contribution in [0.4, 0.5) is 5.82 Å². The maximum Gasteiger partial charge on any atom is 0.123 e. The summed E-state index contributed by atoms with van der Waals surface area (Å²) in [6.45, 7) is 0. The lowest BCUT2D eigenvalue weighted by Gasteiger charge is -2.20. The number of rotatable bonds is 5. The first-order chi connectivity index (χ1) is 8.78.